The molecule has 0 aliphatic carbocycles. The van der Waals surface area contributed by atoms with E-state index in [1.165, 1.54) is 24.3 Å². The maximum atomic E-state index is 10.3. The van der Waals surface area contributed by atoms with Crippen molar-refractivity contribution in [2.75, 3.05) is 0 Å². The molecule has 0 saturated carbocycles. The average Bonchev–Trinajstić information content (AvgIpc) is 2.78. The van der Waals surface area contributed by atoms with Crippen LogP contribution in [0.5, 0.6) is 0 Å². The minimum absolute atomic E-state index is 0. The molecule has 0 bridgehead atoms. The smallest absolute Gasteiger partial charge is 0.193 e. The molecule has 0 atom stereocenters. The van der Waals surface area contributed by atoms with Gasteiger partial charge in [-0.2, -0.15) is 0 Å². The van der Waals surface area contributed by atoms with Gasteiger partial charge in [0, 0.05) is 195 Å². The molecule has 0 unspecified atom stereocenters. The molecule has 2 heterocycles. The van der Waals surface area contributed by atoms with Gasteiger partial charge in [0.05, 0.1) is 0 Å². The number of hydrogen-bond donors (Lipinski definition) is 0. The number of sulfone groups is 2. The average molecular weight is 782 g/mol. The Bertz CT molecular complexity index is 464. The van der Waals surface area contributed by atoms with Crippen LogP contribution in [0.25, 0.3) is 0 Å². The molecule has 0 aromatic rings. The third kappa shape index (κ3) is 42.5. The summed E-state index contributed by atoms with van der Waals surface area (Å²) in [6.45, 7) is 4.00. The van der Waals surface area contributed by atoms with E-state index in [1.807, 2.05) is 13.8 Å². The van der Waals surface area contributed by atoms with E-state index < -0.39 is 19.7 Å². The summed E-state index contributed by atoms with van der Waals surface area (Å²) in [7, 11) is -5.81. The van der Waals surface area contributed by atoms with Gasteiger partial charge < -0.3 is 22.3 Å². The summed E-state index contributed by atoms with van der Waals surface area (Å²) in [6, 6.07) is 0. The number of rotatable bonds is 0. The molecule has 0 fully saturated rings. The maximum absolute atomic E-state index is 10.3. The van der Waals surface area contributed by atoms with Crippen molar-refractivity contribution >= 4 is 28.1 Å². The minimum atomic E-state index is -2.91. The van der Waals surface area contributed by atoms with Crippen LogP contribution in [-0.4, -0.2) is 25.2 Å². The molecular weight excluding hydrogens is 752 g/mol. The predicted octanol–water partition coefficient (Wildman–Crippen LogP) is 3.75. The van der Waals surface area contributed by atoms with Gasteiger partial charge in [-0.1, -0.05) is 21.3 Å². The summed E-state index contributed by atoms with van der Waals surface area (Å²) in [6.07, 6.45) is 5.98. The predicted molar refractivity (Wildman–Crippen MR) is 99.6 cm³/mol. The molecular formula is C14H29BO4S2Y5-3. The Morgan fingerprint density at radius 2 is 0.654 bits per heavy atom. The molecule has 12 heteroatoms. The zero-order valence-corrected chi connectivity index (χ0v) is 31.4. The minimum Gasteiger partial charge on any atom is -0.358 e. The van der Waals surface area contributed by atoms with Crippen molar-refractivity contribution in [2.45, 2.75) is 21.3 Å². The Kier molecular flexibility index (Phi) is 107. The van der Waals surface area contributed by atoms with Crippen LogP contribution in [-0.2, 0) is 183 Å². The van der Waals surface area contributed by atoms with Crippen molar-refractivity contribution in [1.82, 2.24) is 0 Å². The second kappa shape index (κ2) is 39.9. The van der Waals surface area contributed by atoms with Gasteiger partial charge in [0.1, 0.15) is 0 Å². The molecule has 4 nitrogen and oxygen atoms in total. The number of hydrogen-bond acceptors (Lipinski definition) is 4. The van der Waals surface area contributed by atoms with Crippen LogP contribution in [0.4, 0.5) is 0 Å². The van der Waals surface area contributed by atoms with Crippen LogP contribution < -0.4 is 0 Å². The first kappa shape index (κ1) is 69.8. The molecule has 142 valence electrons. The van der Waals surface area contributed by atoms with Gasteiger partial charge in [-0.3, -0.25) is 0 Å². The van der Waals surface area contributed by atoms with E-state index in [-0.39, 0.29) is 203 Å². The summed E-state index contributed by atoms with van der Waals surface area (Å²) >= 11 is 0. The summed E-state index contributed by atoms with van der Waals surface area (Å²) in [5.41, 5.74) is 0. The summed E-state index contributed by atoms with van der Waals surface area (Å²) in [5.74, 6) is 0. The SMILES string of the molecule is C.CC.O=S1(=O)C=CC=C1.O=S1(=O)C=CC=C1.[2HH].[B].[CH3-].[CH3-].[CH3-].[Y].[Y].[Y].[Y].[Y]. The fourth-order valence-corrected chi connectivity index (χ4v) is 2.13. The topological polar surface area (TPSA) is 68.3 Å². The molecule has 0 aromatic heterocycles. The Hall–Kier alpha value is 4.44. The standard InChI is InChI=1S/2C4H4O2S.C2H6.CH4.3CH3.B.5Y.H2/c2*5-7(6)3-1-2-4-7;1-2;;;;;;;;;;;/h2*1-4H;1-2H3;1H4;3*1H3;;;;;;;1H/q;;;;3*-1;;;;;;;/i;;;;;;;;;;;;;1+1. The van der Waals surface area contributed by atoms with Crippen molar-refractivity contribution in [3.8, 4) is 0 Å². The summed E-state index contributed by atoms with van der Waals surface area (Å²) < 4.78 is 41.0. The Morgan fingerprint density at radius 1 is 0.538 bits per heavy atom. The van der Waals surface area contributed by atoms with Gasteiger partial charge in [0.25, 0.3) is 0 Å². The quantitative estimate of drug-likeness (QED) is 0.278. The molecule has 0 N–H and O–H groups in total. The van der Waals surface area contributed by atoms with Crippen LogP contribution in [0, 0.1) is 22.3 Å². The molecule has 0 amide bonds. The van der Waals surface area contributed by atoms with Gasteiger partial charge in [-0.15, -0.1) is 0 Å². The van der Waals surface area contributed by atoms with Crippen LogP contribution in [0.15, 0.2) is 45.9 Å². The molecule has 0 spiro atoms. The van der Waals surface area contributed by atoms with E-state index in [9.17, 15) is 16.8 Å². The van der Waals surface area contributed by atoms with E-state index in [1.54, 1.807) is 0 Å². The zero-order chi connectivity index (χ0) is 12.7. The summed E-state index contributed by atoms with van der Waals surface area (Å²) in [5, 5.41) is 4.64. The first-order valence-corrected chi connectivity index (χ1v) is 7.83. The van der Waals surface area contributed by atoms with Crippen molar-refractivity contribution in [3.63, 3.8) is 0 Å². The third-order valence-electron chi connectivity index (χ3n) is 1.30. The van der Waals surface area contributed by atoms with Gasteiger partial charge in [0.2, 0.25) is 0 Å². The second-order valence-corrected chi connectivity index (χ2v) is 5.94. The van der Waals surface area contributed by atoms with E-state index in [0.29, 0.717) is 0 Å². The molecule has 0 saturated heterocycles. The molecule has 26 heavy (non-hydrogen) atoms. The van der Waals surface area contributed by atoms with Crippen LogP contribution >= 0.6 is 0 Å². The zero-order valence-electron chi connectivity index (χ0n) is 15.5. The first-order chi connectivity index (χ1) is 7.41. The van der Waals surface area contributed by atoms with Crippen LogP contribution in [0.3, 0.4) is 0 Å². The van der Waals surface area contributed by atoms with Gasteiger partial charge >= 0.3 is 0 Å². The molecule has 2 aliphatic rings. The Labute approximate surface area is 293 Å². The van der Waals surface area contributed by atoms with E-state index in [0.717, 1.165) is 21.6 Å². The van der Waals surface area contributed by atoms with Crippen molar-refractivity contribution in [3.05, 3.63) is 68.2 Å². The van der Waals surface area contributed by atoms with E-state index in [2.05, 4.69) is 0 Å². The maximum Gasteiger partial charge on any atom is 0.193 e. The Morgan fingerprint density at radius 3 is 0.692 bits per heavy atom. The van der Waals surface area contributed by atoms with Gasteiger partial charge in [-0.05, 0) is 24.3 Å². The van der Waals surface area contributed by atoms with Gasteiger partial charge in [-0.25, -0.2) is 16.8 Å². The first-order valence-electron chi connectivity index (χ1n) is 4.61. The number of allylic oxidation sites excluding steroid dienone is 4. The van der Waals surface area contributed by atoms with E-state index in [4.69, 9.17) is 0 Å². The third-order valence-corrected chi connectivity index (χ3v) is 3.44. The molecule has 2 aliphatic heterocycles. The van der Waals surface area contributed by atoms with Crippen molar-refractivity contribution in [2.24, 2.45) is 0 Å². The largest absolute Gasteiger partial charge is 0.358 e. The molecule has 8 radical (unpaired) electrons. The normalized spacial score (nSPS) is 12.8. The van der Waals surface area contributed by atoms with Crippen molar-refractivity contribution in [1.29, 1.82) is 0 Å². The Balaban J connectivity index is -0.0000000111. The fraction of sp³-hybridized carbons (Fsp3) is 0.214. The second-order valence-electron chi connectivity index (χ2n) is 2.49. The molecule has 2 rings (SSSR count). The van der Waals surface area contributed by atoms with Crippen LogP contribution in [0.1, 0.15) is 22.7 Å². The monoisotopic (exact) mass is 782 g/mol. The van der Waals surface area contributed by atoms with Crippen LogP contribution in [0.2, 0.25) is 0 Å². The van der Waals surface area contributed by atoms with E-state index >= 15 is 0 Å². The molecule has 0 aromatic carbocycles. The van der Waals surface area contributed by atoms with Gasteiger partial charge in [0.15, 0.2) is 19.7 Å². The summed E-state index contributed by atoms with van der Waals surface area (Å²) in [4.78, 5) is 0. The van der Waals surface area contributed by atoms with Crippen molar-refractivity contribution < 1.29 is 182 Å². The fourth-order valence-electron chi connectivity index (χ4n) is 0.710.